The average Bonchev–Trinajstić information content (AvgIpc) is 3.68. The third kappa shape index (κ3) is 5.08. The summed E-state index contributed by atoms with van der Waals surface area (Å²) in [5.41, 5.74) is 6.31. The monoisotopic (exact) mass is 540 g/mol. The van der Waals surface area contributed by atoms with Crippen LogP contribution in [0.4, 0.5) is 10.2 Å². The van der Waals surface area contributed by atoms with E-state index >= 15 is 0 Å². The molecule has 0 radical (unpaired) electrons. The van der Waals surface area contributed by atoms with Crippen molar-refractivity contribution in [3.63, 3.8) is 0 Å². The number of fused-ring (bicyclic) bond motifs is 1. The molecule has 1 saturated carbocycles. The van der Waals surface area contributed by atoms with E-state index in [1.807, 2.05) is 61.0 Å². The molecule has 2 amide bonds. The van der Waals surface area contributed by atoms with Crippen LogP contribution in [0.1, 0.15) is 40.3 Å². The third-order valence-corrected chi connectivity index (χ3v) is 8.39. The number of aryl methyl sites for hydroxylation is 2. The Morgan fingerprint density at radius 2 is 1.79 bits per heavy atom. The standard InChI is InChI=1S/C31H29FN4O2S/c1-19-8-15-25(20(2)16-19)36-31-28(29(34-36)21-6-4-3-5-7-21)30(22-9-11-23(32)12-10-22)39-18-27(38)35(31)17-26(37)33-24-13-14-24/h3-12,15-16,24,30H,13-14,17-18H2,1-2H3,(H,33,37)/t30-/m0/s1. The van der Waals surface area contributed by atoms with Gasteiger partial charge in [0.2, 0.25) is 11.8 Å². The highest BCUT2D eigenvalue weighted by molar-refractivity contribution is 8.00. The van der Waals surface area contributed by atoms with Crippen molar-refractivity contribution >= 4 is 29.4 Å². The Balaban J connectivity index is 1.62. The van der Waals surface area contributed by atoms with Gasteiger partial charge < -0.3 is 5.32 Å². The molecule has 4 aromatic rings. The lowest BCUT2D eigenvalue weighted by Gasteiger charge is -2.24. The molecule has 1 fully saturated rings. The van der Waals surface area contributed by atoms with Crippen molar-refractivity contribution < 1.29 is 14.0 Å². The van der Waals surface area contributed by atoms with Crippen LogP contribution in [0.2, 0.25) is 0 Å². The van der Waals surface area contributed by atoms with E-state index in [0.29, 0.717) is 5.82 Å². The molecule has 0 unspecified atom stereocenters. The van der Waals surface area contributed by atoms with Gasteiger partial charge in [-0.3, -0.25) is 14.5 Å². The molecule has 8 heteroatoms. The summed E-state index contributed by atoms with van der Waals surface area (Å²) in [6.45, 7) is 3.96. The van der Waals surface area contributed by atoms with Crippen LogP contribution in [-0.2, 0) is 9.59 Å². The summed E-state index contributed by atoms with van der Waals surface area (Å²) >= 11 is 1.48. The zero-order chi connectivity index (χ0) is 27.1. The number of nitrogens with zero attached hydrogens (tertiary/aromatic N) is 3. The third-order valence-electron chi connectivity index (χ3n) is 7.13. The Morgan fingerprint density at radius 3 is 2.49 bits per heavy atom. The lowest BCUT2D eigenvalue weighted by atomic mass is 9.99. The van der Waals surface area contributed by atoms with E-state index in [1.54, 1.807) is 17.0 Å². The largest absolute Gasteiger partial charge is 0.352 e. The van der Waals surface area contributed by atoms with Crippen molar-refractivity contribution in [1.29, 1.82) is 0 Å². The number of rotatable bonds is 6. The molecule has 1 aromatic heterocycles. The van der Waals surface area contributed by atoms with Crippen LogP contribution in [0, 0.1) is 19.7 Å². The molecule has 6 nitrogen and oxygen atoms in total. The highest BCUT2D eigenvalue weighted by Gasteiger charge is 2.38. The molecule has 0 bridgehead atoms. The molecule has 198 valence electrons. The fourth-order valence-corrected chi connectivity index (χ4v) is 6.28. The predicted octanol–water partition coefficient (Wildman–Crippen LogP) is 5.74. The summed E-state index contributed by atoms with van der Waals surface area (Å²) in [5.74, 6) is 0.0885. The van der Waals surface area contributed by atoms with Gasteiger partial charge in [0.25, 0.3) is 0 Å². The summed E-state index contributed by atoms with van der Waals surface area (Å²) in [7, 11) is 0. The van der Waals surface area contributed by atoms with Gasteiger partial charge in [0.05, 0.1) is 22.4 Å². The minimum atomic E-state index is -0.318. The normalized spacial score (nSPS) is 17.1. The number of carbonyl (C=O) groups is 2. The first kappa shape index (κ1) is 25.4. The minimum absolute atomic E-state index is 0.0934. The number of halogens is 1. The number of hydrogen-bond acceptors (Lipinski definition) is 4. The van der Waals surface area contributed by atoms with Crippen molar-refractivity contribution in [3.8, 4) is 16.9 Å². The molecular formula is C31H29FN4O2S. The fraction of sp³-hybridized carbons (Fsp3) is 0.258. The Labute approximate surface area is 231 Å². The van der Waals surface area contributed by atoms with Gasteiger partial charge >= 0.3 is 0 Å². The zero-order valence-corrected chi connectivity index (χ0v) is 22.7. The molecule has 1 aliphatic heterocycles. The molecule has 39 heavy (non-hydrogen) atoms. The van der Waals surface area contributed by atoms with Crippen LogP contribution in [0.15, 0.2) is 72.8 Å². The molecule has 1 aliphatic carbocycles. The lowest BCUT2D eigenvalue weighted by Crippen LogP contribution is -2.43. The summed E-state index contributed by atoms with van der Waals surface area (Å²) in [4.78, 5) is 28.4. The second kappa shape index (κ2) is 10.3. The smallest absolute Gasteiger partial charge is 0.240 e. The first-order valence-corrected chi connectivity index (χ1v) is 14.2. The van der Waals surface area contributed by atoms with E-state index in [1.165, 1.54) is 23.9 Å². The van der Waals surface area contributed by atoms with Crippen molar-refractivity contribution in [3.05, 3.63) is 101 Å². The zero-order valence-electron chi connectivity index (χ0n) is 21.9. The number of nitrogens with one attached hydrogen (secondary N) is 1. The molecule has 2 aliphatic rings. The van der Waals surface area contributed by atoms with E-state index < -0.39 is 0 Å². The Bertz CT molecular complexity index is 1550. The lowest BCUT2D eigenvalue weighted by molar-refractivity contribution is -0.123. The maximum atomic E-state index is 13.9. The highest BCUT2D eigenvalue weighted by atomic mass is 32.2. The molecule has 0 saturated heterocycles. The number of anilines is 1. The van der Waals surface area contributed by atoms with Gasteiger partial charge in [0, 0.05) is 17.2 Å². The van der Waals surface area contributed by atoms with Gasteiger partial charge in [0.1, 0.15) is 18.2 Å². The minimum Gasteiger partial charge on any atom is -0.352 e. The van der Waals surface area contributed by atoms with Crippen LogP contribution in [0.3, 0.4) is 0 Å². The topological polar surface area (TPSA) is 67.2 Å². The maximum absolute atomic E-state index is 13.9. The van der Waals surface area contributed by atoms with Gasteiger partial charge in [-0.25, -0.2) is 9.07 Å². The van der Waals surface area contributed by atoms with Crippen molar-refractivity contribution in [2.75, 3.05) is 17.2 Å². The predicted molar refractivity (Wildman–Crippen MR) is 153 cm³/mol. The molecular weight excluding hydrogens is 511 g/mol. The second-order valence-corrected chi connectivity index (χ2v) is 11.3. The van der Waals surface area contributed by atoms with Gasteiger partial charge in [0.15, 0.2) is 0 Å². The number of carbonyl (C=O) groups excluding carboxylic acids is 2. The maximum Gasteiger partial charge on any atom is 0.240 e. The van der Waals surface area contributed by atoms with Crippen molar-refractivity contribution in [2.45, 2.75) is 38.0 Å². The number of amides is 2. The van der Waals surface area contributed by atoms with Crippen LogP contribution >= 0.6 is 11.8 Å². The first-order valence-electron chi connectivity index (χ1n) is 13.1. The molecule has 1 atom stereocenters. The SMILES string of the molecule is Cc1ccc(-n2nc(-c3ccccc3)c3c2N(CC(=O)NC2CC2)C(=O)CS[C@H]3c2ccc(F)cc2)c(C)c1. The summed E-state index contributed by atoms with van der Waals surface area (Å²) < 4.78 is 15.7. The van der Waals surface area contributed by atoms with E-state index in [-0.39, 0.29) is 41.2 Å². The Morgan fingerprint density at radius 1 is 1.05 bits per heavy atom. The van der Waals surface area contributed by atoms with Crippen LogP contribution in [0.5, 0.6) is 0 Å². The Hall–Kier alpha value is -3.91. The van der Waals surface area contributed by atoms with Crippen LogP contribution in [-0.4, -0.2) is 39.9 Å². The van der Waals surface area contributed by atoms with E-state index in [2.05, 4.69) is 11.4 Å². The van der Waals surface area contributed by atoms with Gasteiger partial charge in [-0.2, -0.15) is 5.10 Å². The second-order valence-electron chi connectivity index (χ2n) is 10.2. The number of thioether (sulfide) groups is 1. The number of benzene rings is 3. The molecule has 1 N–H and O–H groups in total. The van der Waals surface area contributed by atoms with Crippen molar-refractivity contribution in [1.82, 2.24) is 15.1 Å². The Kier molecular flexibility index (Phi) is 6.73. The van der Waals surface area contributed by atoms with Gasteiger partial charge in [-0.1, -0.05) is 60.2 Å². The van der Waals surface area contributed by atoms with Gasteiger partial charge in [-0.05, 0) is 56.0 Å². The highest BCUT2D eigenvalue weighted by Crippen LogP contribution is 2.48. The fourth-order valence-electron chi connectivity index (χ4n) is 5.08. The van der Waals surface area contributed by atoms with Crippen LogP contribution in [0.25, 0.3) is 16.9 Å². The first-order chi connectivity index (χ1) is 18.9. The van der Waals surface area contributed by atoms with E-state index in [4.69, 9.17) is 5.10 Å². The molecule has 3 aromatic carbocycles. The summed E-state index contributed by atoms with van der Waals surface area (Å²) in [6.07, 6.45) is 1.93. The summed E-state index contributed by atoms with van der Waals surface area (Å²) in [6, 6.07) is 22.6. The van der Waals surface area contributed by atoms with Crippen LogP contribution < -0.4 is 10.2 Å². The van der Waals surface area contributed by atoms with E-state index in [0.717, 1.165) is 52.0 Å². The average molecular weight is 541 g/mol. The molecule has 2 heterocycles. The number of hydrogen-bond donors (Lipinski definition) is 1. The molecule has 0 spiro atoms. The van der Waals surface area contributed by atoms with E-state index in [9.17, 15) is 14.0 Å². The number of aromatic nitrogens is 2. The molecule has 6 rings (SSSR count). The van der Waals surface area contributed by atoms with Crippen molar-refractivity contribution in [2.24, 2.45) is 0 Å². The quantitative estimate of drug-likeness (QED) is 0.339. The summed E-state index contributed by atoms with van der Waals surface area (Å²) in [5, 5.41) is 7.86. The van der Waals surface area contributed by atoms with Gasteiger partial charge in [-0.15, -0.1) is 11.8 Å².